The minimum atomic E-state index is -2.04. The van der Waals surface area contributed by atoms with Gasteiger partial charge in [0.1, 0.15) is 64.5 Å². The highest BCUT2D eigenvalue weighted by Crippen LogP contribution is 2.47. The molecule has 1 aliphatic carbocycles. The second-order valence-electron chi connectivity index (χ2n) is 40.3. The second-order valence-corrected chi connectivity index (χ2v) is 40.7. The van der Waals surface area contributed by atoms with E-state index in [0.29, 0.717) is 35.6 Å². The van der Waals surface area contributed by atoms with Crippen molar-refractivity contribution in [2.45, 2.75) is 384 Å². The molecule has 6 saturated heterocycles. The van der Waals surface area contributed by atoms with E-state index in [1.165, 1.54) is 55.4 Å². The van der Waals surface area contributed by atoms with Crippen LogP contribution in [0.3, 0.4) is 0 Å². The molecule has 0 bridgehead atoms. The number of rotatable bonds is 29. The van der Waals surface area contributed by atoms with Gasteiger partial charge >= 0.3 is 23.9 Å². The number of hydrogen-bond acceptors (Lipinski definition) is 34. The summed E-state index contributed by atoms with van der Waals surface area (Å²) < 4.78 is 108. The predicted octanol–water partition coefficient (Wildman–Crippen LogP) is 7.97. The van der Waals surface area contributed by atoms with Crippen molar-refractivity contribution in [3.05, 3.63) is 39.1 Å². The van der Waals surface area contributed by atoms with Crippen LogP contribution in [0.4, 0.5) is 5.69 Å². The molecule has 36 atom stereocenters. The molecule has 9 N–H and O–H groups in total. The number of Topliss-reactive ketones (excluding diaryl/α,β-unsaturated/α-hetero) is 2. The van der Waals surface area contributed by atoms with Gasteiger partial charge in [-0.25, -0.2) is 4.79 Å². The Hall–Kier alpha value is -5.18. The van der Waals surface area contributed by atoms with E-state index in [-0.39, 0.29) is 124 Å². The minimum absolute atomic E-state index is 0.0136. The zero-order valence-corrected chi connectivity index (χ0v) is 84.3. The Balaban J connectivity index is 0.000000361. The number of carbonyl (C=O) groups is 6. The molecule has 0 spiro atoms. The molecule has 37 heteroatoms. The second kappa shape index (κ2) is 47.4. The molecule has 7 heterocycles. The maximum absolute atomic E-state index is 14.6. The smallest absolute Gasteiger partial charge is 0.341 e. The largest absolute Gasteiger partial charge is 0.477 e. The molecule has 0 radical (unpaired) electrons. The first kappa shape index (κ1) is 113. The molecule has 0 amide bonds. The van der Waals surface area contributed by atoms with Gasteiger partial charge in [-0.1, -0.05) is 67.0 Å². The summed E-state index contributed by atoms with van der Waals surface area (Å²) in [6.45, 7) is 34.9. The van der Waals surface area contributed by atoms with E-state index in [1.807, 2.05) is 70.3 Å². The first-order valence-electron chi connectivity index (χ1n) is 47.3. The number of pyridine rings is 1. The van der Waals surface area contributed by atoms with Gasteiger partial charge in [0.25, 0.3) is 0 Å². The number of hydrogen-bond donors (Lipinski definition) is 9. The number of methoxy groups -OCH3 is 4. The van der Waals surface area contributed by atoms with Crippen molar-refractivity contribution < 1.29 is 150 Å². The van der Waals surface area contributed by atoms with Crippen LogP contribution in [0.1, 0.15) is 226 Å². The predicted molar refractivity (Wildman–Crippen MR) is 489 cm³/mol. The number of esters is 3. The van der Waals surface area contributed by atoms with Crippen LogP contribution in [0.15, 0.2) is 23.1 Å². The lowest BCUT2D eigenvalue weighted by molar-refractivity contribution is -0.320. The summed E-state index contributed by atoms with van der Waals surface area (Å²) in [7, 11) is 13.5. The molecule has 2 aromatic rings. The van der Waals surface area contributed by atoms with Gasteiger partial charge in [-0.15, -0.1) is 0 Å². The standard InChI is InChI=1S/C58H90ClN3O19.C38H69NO13/c1-15-43-58(10,71)50(67)32(4)46(64)30(2)27-56(8,72-13)51(81-55-48(66)42(61(11)12)24-31(3)76-55)33(5)49(34(6)54(70)78-43)80-45-28-57(9,73-14)52(35(7)77-45)79-44(63)18-20-74-22-23-75-21-19-60-40-25-37-41(26-39(40)59)62(36-16-17-36)29-38(47(37)65)53(68)69;1-15-26-38(10,45)31(42)21(4)28(40)19(2)17-37(9,47-14)33(52-35-29(41)25(39(11)12)16-20(3)48-35)22(5)30(23(6)34(44)50-26)51-27-18-36(8,46-13)32(43)24(7)49-27/h25-26,29-36,42-43,45,48-52,55,60,66-67,71H,15-24,27-28H2,1-14H3,(H,68,69);19-27,29-33,35,41-43,45H,15-18H2,1-14H3/t30-,31-,32+,33+,34-,35+,42+,43-,45+,48-,49+,50-,51-,52+,55+,56-,57-,58-;19-,20-,21+,22+,23-,24+,25+,26-,27+,29-,30+,31-,32+,33-,35+,36-,37-,38-/m11/s1. The first-order chi connectivity index (χ1) is 62.0. The number of nitrogens with one attached hydrogen (secondary N) is 1. The topological polar surface area (TPSA) is 462 Å². The molecule has 0 unspecified atom stereocenters. The number of anilines is 1. The quantitative estimate of drug-likeness (QED) is 0.0212. The lowest BCUT2D eigenvalue weighted by Crippen LogP contribution is -2.61. The highest BCUT2D eigenvalue weighted by Gasteiger charge is 2.59. The number of carboxylic acid groups (broad SMARTS) is 1. The SMILES string of the molecule is CC[C@H]1OC(=O)[C@H](C)[C@@H](O[C@H]2C[C@@](C)(OC)[C@@H](O)[C@H](C)O2)[C@H](C)[C@@H](O[C@@H]2O[C@H](C)C[C@H](N(C)C)[C@H]2O)[C@](C)(OC)C[C@@H](C)C(=O)[C@H](C)[C@@H](O)[C@]1(C)O.CC[C@H]1OC(=O)[C@H](C)[C@@H](O[C@H]2C[C@@](C)(OC)[C@@H](OC(=O)CCOCCOCCNc3cc4c(=O)c(C(=O)O)cn(C5CC5)c4cc3Cl)[C@H](C)O2)[C@H](C)[C@@H](O[C@@H]2O[C@H](C)C[C@H](N(C)C)[C@H]2O)[C@](C)(OC)C[C@@H](C)C(=O)[C@H](C)[C@@H](O)[C@]1(C)O. The van der Waals surface area contributed by atoms with Crippen LogP contribution in [0, 0.1) is 47.3 Å². The molecule has 7 aliphatic rings. The average molecular weight is 1920 g/mol. The number of cyclic esters (lactones) is 2. The number of ether oxygens (including phenoxy) is 17. The van der Waals surface area contributed by atoms with Crippen molar-refractivity contribution in [2.75, 3.05) is 94.9 Å². The monoisotopic (exact) mass is 1920 g/mol. The maximum Gasteiger partial charge on any atom is 0.341 e. The molecule has 7 fully saturated rings. The lowest BCUT2D eigenvalue weighted by Gasteiger charge is -2.50. The highest BCUT2D eigenvalue weighted by atomic mass is 35.5. The number of aromatic nitrogens is 1. The molecule has 762 valence electrons. The zero-order chi connectivity index (χ0) is 99.7. The van der Waals surface area contributed by atoms with Crippen LogP contribution < -0.4 is 10.7 Å². The summed E-state index contributed by atoms with van der Waals surface area (Å²) in [6, 6.07) is 2.73. The number of aliphatic hydroxyl groups excluding tert-OH is 5. The molecular formula is C96H159ClN4O32. The Kier molecular flexibility index (Phi) is 40.3. The molecular weight excluding hydrogens is 1760 g/mol. The van der Waals surface area contributed by atoms with Gasteiger partial charge in [0.2, 0.25) is 5.43 Å². The van der Waals surface area contributed by atoms with Crippen molar-refractivity contribution >= 4 is 63.6 Å². The van der Waals surface area contributed by atoms with E-state index >= 15 is 0 Å². The Morgan fingerprint density at radius 3 is 1.35 bits per heavy atom. The number of aliphatic hydroxyl groups is 7. The molecule has 1 saturated carbocycles. The van der Waals surface area contributed by atoms with Crippen molar-refractivity contribution in [1.29, 1.82) is 0 Å². The molecule has 133 heavy (non-hydrogen) atoms. The first-order valence-corrected chi connectivity index (χ1v) is 47.7. The fourth-order valence-electron chi connectivity index (χ4n) is 20.6. The Bertz CT molecular complexity index is 4220. The van der Waals surface area contributed by atoms with Crippen molar-refractivity contribution in [2.24, 2.45) is 47.3 Å². The van der Waals surface area contributed by atoms with Crippen LogP contribution >= 0.6 is 11.6 Å². The zero-order valence-electron chi connectivity index (χ0n) is 83.5. The van der Waals surface area contributed by atoms with Crippen LogP contribution in [0.5, 0.6) is 0 Å². The van der Waals surface area contributed by atoms with E-state index in [0.717, 1.165) is 12.8 Å². The van der Waals surface area contributed by atoms with E-state index in [1.54, 1.807) is 102 Å². The van der Waals surface area contributed by atoms with Gasteiger partial charge in [-0.05, 0) is 175 Å². The van der Waals surface area contributed by atoms with Gasteiger partial charge < -0.3 is 141 Å². The van der Waals surface area contributed by atoms with Gasteiger partial charge in [0, 0.05) is 113 Å². The number of halogens is 1. The molecule has 9 rings (SSSR count). The van der Waals surface area contributed by atoms with Gasteiger partial charge in [0.05, 0.1) is 139 Å². The van der Waals surface area contributed by atoms with Crippen LogP contribution in [0.2, 0.25) is 5.02 Å². The van der Waals surface area contributed by atoms with Gasteiger partial charge in [0.15, 0.2) is 31.3 Å². The number of carbonyl (C=O) groups excluding carboxylic acids is 5. The third-order valence-electron chi connectivity index (χ3n) is 29.4. The summed E-state index contributed by atoms with van der Waals surface area (Å²) in [6.07, 6.45) is -15.5. The van der Waals surface area contributed by atoms with Gasteiger partial charge in [-0.3, -0.25) is 28.8 Å². The number of benzene rings is 1. The number of fused-ring (bicyclic) bond motifs is 1. The normalized spacial score (nSPS) is 41.4. The minimum Gasteiger partial charge on any atom is -0.477 e. The summed E-state index contributed by atoms with van der Waals surface area (Å²) in [4.78, 5) is 99.1. The summed E-state index contributed by atoms with van der Waals surface area (Å²) in [5, 5.41) is 94.3. The van der Waals surface area contributed by atoms with Crippen LogP contribution in [-0.2, 0) is 104 Å². The van der Waals surface area contributed by atoms with Crippen molar-refractivity contribution in [3.8, 4) is 0 Å². The molecule has 36 nitrogen and oxygen atoms in total. The van der Waals surface area contributed by atoms with Crippen LogP contribution in [0.25, 0.3) is 10.9 Å². The fraction of sp³-hybridized carbons (Fsp3) is 0.844. The fourth-order valence-corrected chi connectivity index (χ4v) is 20.9. The average Bonchev–Trinajstić information content (AvgIpc) is 1.72. The van der Waals surface area contributed by atoms with Crippen molar-refractivity contribution in [3.63, 3.8) is 0 Å². The summed E-state index contributed by atoms with van der Waals surface area (Å²) >= 11 is 6.58. The Labute approximate surface area is 789 Å². The third kappa shape index (κ3) is 26.4. The molecule has 6 aliphatic heterocycles. The lowest BCUT2D eigenvalue weighted by atomic mass is 9.73. The van der Waals surface area contributed by atoms with E-state index in [4.69, 9.17) is 92.1 Å². The van der Waals surface area contributed by atoms with E-state index < -0.39 is 221 Å². The van der Waals surface area contributed by atoms with E-state index in [9.17, 15) is 74.4 Å². The number of likely N-dealkylation sites (N-methyl/N-ethyl adjacent to an activating group) is 2. The van der Waals surface area contributed by atoms with Gasteiger partial charge in [-0.2, -0.15) is 0 Å². The maximum atomic E-state index is 14.6. The summed E-state index contributed by atoms with van der Waals surface area (Å²) in [5.74, 6) is -11.2. The highest BCUT2D eigenvalue weighted by molar-refractivity contribution is 6.34. The third-order valence-corrected chi connectivity index (χ3v) is 29.7. The number of ketones is 2. The Morgan fingerprint density at radius 1 is 0.534 bits per heavy atom. The van der Waals surface area contributed by atoms with Crippen molar-refractivity contribution in [1.82, 2.24) is 14.4 Å². The molecule has 1 aromatic heterocycles. The number of nitrogens with zero attached hydrogens (tertiary/aromatic N) is 3. The number of aromatic carboxylic acids is 1. The van der Waals surface area contributed by atoms with E-state index in [2.05, 4.69) is 5.32 Å². The number of carboxylic acids is 1. The Morgan fingerprint density at radius 2 is 0.947 bits per heavy atom. The summed E-state index contributed by atoms with van der Waals surface area (Å²) in [5.41, 5.74) is -8.65. The van der Waals surface area contributed by atoms with Crippen LogP contribution in [-0.4, -0.2) is 349 Å². The molecule has 1 aromatic carbocycles.